The Balaban J connectivity index is 2.07. The van der Waals surface area contributed by atoms with E-state index < -0.39 is 23.4 Å². The second-order valence-electron chi connectivity index (χ2n) is 5.08. The zero-order chi connectivity index (χ0) is 18.4. The van der Waals surface area contributed by atoms with E-state index in [0.717, 1.165) is 18.2 Å². The number of ether oxygens (including phenoxy) is 2. The van der Waals surface area contributed by atoms with E-state index in [-0.39, 0.29) is 30.2 Å². The van der Waals surface area contributed by atoms with Gasteiger partial charge < -0.3 is 20.5 Å². The van der Waals surface area contributed by atoms with Crippen LogP contribution in [-0.2, 0) is 11.3 Å². The molecular weight excluding hydrogens is 334 g/mol. The normalized spacial score (nSPS) is 10.2. The molecule has 0 fully saturated rings. The van der Waals surface area contributed by atoms with Crippen LogP contribution in [0.3, 0.4) is 0 Å². The van der Waals surface area contributed by atoms with Crippen LogP contribution in [0.2, 0.25) is 0 Å². The number of amides is 2. The number of benzene rings is 2. The van der Waals surface area contributed by atoms with Crippen molar-refractivity contribution in [1.82, 2.24) is 5.32 Å². The van der Waals surface area contributed by atoms with Crippen molar-refractivity contribution in [3.63, 3.8) is 0 Å². The van der Waals surface area contributed by atoms with Crippen molar-refractivity contribution in [2.24, 2.45) is 5.73 Å². The molecule has 0 aliphatic heterocycles. The quantitative estimate of drug-likeness (QED) is 0.796. The highest BCUT2D eigenvalue weighted by Crippen LogP contribution is 2.28. The van der Waals surface area contributed by atoms with Crippen LogP contribution in [0.25, 0.3) is 0 Å². The van der Waals surface area contributed by atoms with Crippen LogP contribution in [0.15, 0.2) is 36.4 Å². The lowest BCUT2D eigenvalue weighted by molar-refractivity contribution is -0.119. The molecule has 0 radical (unpaired) electrons. The minimum absolute atomic E-state index is 0.0459. The van der Waals surface area contributed by atoms with Crippen LogP contribution in [0.1, 0.15) is 15.9 Å². The zero-order valence-electron chi connectivity index (χ0n) is 13.3. The number of primary amides is 1. The van der Waals surface area contributed by atoms with Crippen LogP contribution >= 0.6 is 0 Å². The molecule has 0 spiro atoms. The molecule has 2 amide bonds. The molecule has 0 bridgehead atoms. The summed E-state index contributed by atoms with van der Waals surface area (Å²) in [5.41, 5.74) is 5.54. The van der Waals surface area contributed by atoms with Gasteiger partial charge in [-0.2, -0.15) is 0 Å². The summed E-state index contributed by atoms with van der Waals surface area (Å²) < 4.78 is 36.5. The third kappa shape index (κ3) is 5.17. The number of nitrogens with one attached hydrogen (secondary N) is 1. The molecule has 8 heteroatoms. The van der Waals surface area contributed by atoms with E-state index in [4.69, 9.17) is 15.2 Å². The first-order valence-electron chi connectivity index (χ1n) is 7.21. The Hall–Kier alpha value is -3.16. The molecule has 0 saturated heterocycles. The summed E-state index contributed by atoms with van der Waals surface area (Å²) in [6, 6.07) is 7.34. The van der Waals surface area contributed by atoms with Crippen molar-refractivity contribution >= 4 is 11.8 Å². The molecule has 6 nitrogen and oxygen atoms in total. The van der Waals surface area contributed by atoms with Crippen molar-refractivity contribution in [3.8, 4) is 11.5 Å². The molecule has 2 aromatic rings. The van der Waals surface area contributed by atoms with Gasteiger partial charge in [-0.1, -0.05) is 0 Å². The largest absolute Gasteiger partial charge is 0.493 e. The van der Waals surface area contributed by atoms with Crippen molar-refractivity contribution in [2.75, 3.05) is 13.7 Å². The molecule has 2 rings (SSSR count). The average Bonchev–Trinajstić information content (AvgIpc) is 2.56. The molecule has 0 aliphatic carbocycles. The molecule has 0 heterocycles. The fourth-order valence-electron chi connectivity index (χ4n) is 2.07. The van der Waals surface area contributed by atoms with Gasteiger partial charge in [-0.15, -0.1) is 0 Å². The number of carbonyl (C=O) groups is 2. The number of carbonyl (C=O) groups excluding carboxylic acids is 2. The van der Waals surface area contributed by atoms with E-state index >= 15 is 0 Å². The van der Waals surface area contributed by atoms with Gasteiger partial charge in [0, 0.05) is 18.2 Å². The minimum atomic E-state index is -0.720. The Morgan fingerprint density at radius 2 is 1.76 bits per heavy atom. The van der Waals surface area contributed by atoms with Gasteiger partial charge in [0.2, 0.25) is 0 Å². The van der Waals surface area contributed by atoms with Gasteiger partial charge in [-0.25, -0.2) is 8.78 Å². The Morgan fingerprint density at radius 1 is 1.08 bits per heavy atom. The molecule has 0 unspecified atom stereocenters. The van der Waals surface area contributed by atoms with Crippen molar-refractivity contribution < 1.29 is 27.8 Å². The Morgan fingerprint density at radius 3 is 2.36 bits per heavy atom. The van der Waals surface area contributed by atoms with Gasteiger partial charge in [0.1, 0.15) is 11.6 Å². The Labute approximate surface area is 142 Å². The smallest absolute Gasteiger partial charge is 0.255 e. The molecule has 2 aromatic carbocycles. The van der Waals surface area contributed by atoms with Crippen molar-refractivity contribution in [1.29, 1.82) is 0 Å². The maximum absolute atomic E-state index is 13.1. The van der Waals surface area contributed by atoms with Crippen LogP contribution < -0.4 is 20.5 Å². The maximum atomic E-state index is 13.1. The highest BCUT2D eigenvalue weighted by Gasteiger charge is 2.12. The predicted octanol–water partition coefficient (Wildman–Crippen LogP) is 1.77. The van der Waals surface area contributed by atoms with Crippen LogP contribution in [0.5, 0.6) is 11.5 Å². The summed E-state index contributed by atoms with van der Waals surface area (Å²) in [5, 5.41) is 2.55. The van der Waals surface area contributed by atoms with E-state index in [9.17, 15) is 18.4 Å². The van der Waals surface area contributed by atoms with E-state index in [1.165, 1.54) is 25.3 Å². The Kier molecular flexibility index (Phi) is 5.89. The maximum Gasteiger partial charge on any atom is 0.255 e. The first kappa shape index (κ1) is 18.2. The topological polar surface area (TPSA) is 90.7 Å². The summed E-state index contributed by atoms with van der Waals surface area (Å²) in [5.74, 6) is -2.06. The van der Waals surface area contributed by atoms with Gasteiger partial charge in [-0.3, -0.25) is 9.59 Å². The summed E-state index contributed by atoms with van der Waals surface area (Å²) in [4.78, 5) is 22.9. The number of rotatable bonds is 7. The number of hydrogen-bond acceptors (Lipinski definition) is 4. The number of halogens is 2. The first-order chi connectivity index (χ1) is 11.9. The second-order valence-corrected chi connectivity index (χ2v) is 5.08. The van der Waals surface area contributed by atoms with E-state index in [1.807, 2.05) is 0 Å². The monoisotopic (exact) mass is 350 g/mol. The summed E-state index contributed by atoms with van der Waals surface area (Å²) in [6.45, 7) is -0.372. The van der Waals surface area contributed by atoms with Crippen LogP contribution in [0.4, 0.5) is 8.78 Å². The number of hydrogen-bond donors (Lipinski definition) is 2. The summed E-state index contributed by atoms with van der Waals surface area (Å²) >= 11 is 0. The van der Waals surface area contributed by atoms with Gasteiger partial charge >= 0.3 is 0 Å². The van der Waals surface area contributed by atoms with Gasteiger partial charge in [0.15, 0.2) is 18.1 Å². The molecule has 3 N–H and O–H groups in total. The fourth-order valence-corrected chi connectivity index (χ4v) is 2.07. The minimum Gasteiger partial charge on any atom is -0.493 e. The van der Waals surface area contributed by atoms with Gasteiger partial charge in [0.25, 0.3) is 11.8 Å². The first-order valence-corrected chi connectivity index (χ1v) is 7.21. The molecule has 0 aliphatic rings. The molecule has 0 aromatic heterocycles. The highest BCUT2D eigenvalue weighted by atomic mass is 19.1. The van der Waals surface area contributed by atoms with E-state index in [0.29, 0.717) is 5.56 Å². The zero-order valence-corrected chi connectivity index (χ0v) is 13.3. The van der Waals surface area contributed by atoms with Crippen LogP contribution in [0, 0.1) is 11.6 Å². The molecular formula is C17H16F2N2O4. The van der Waals surface area contributed by atoms with E-state index in [2.05, 4.69) is 5.32 Å². The third-order valence-electron chi connectivity index (χ3n) is 3.17. The Bertz CT molecular complexity index is 776. The molecule has 132 valence electrons. The lowest BCUT2D eigenvalue weighted by Crippen LogP contribution is -2.23. The molecule has 25 heavy (non-hydrogen) atoms. The van der Waals surface area contributed by atoms with Crippen LogP contribution in [-0.4, -0.2) is 25.5 Å². The summed E-state index contributed by atoms with van der Waals surface area (Å²) in [6.07, 6.45) is 0. The van der Waals surface area contributed by atoms with E-state index in [1.54, 1.807) is 0 Å². The molecule has 0 atom stereocenters. The lowest BCUT2D eigenvalue weighted by Gasteiger charge is -2.11. The SMILES string of the molecule is COc1cc(C(=O)NCc2cc(F)cc(F)c2)ccc1OCC(N)=O. The summed E-state index contributed by atoms with van der Waals surface area (Å²) in [7, 11) is 1.38. The third-order valence-corrected chi connectivity index (χ3v) is 3.17. The highest BCUT2D eigenvalue weighted by molar-refractivity contribution is 5.94. The molecule has 0 saturated carbocycles. The van der Waals surface area contributed by atoms with Gasteiger partial charge in [0.05, 0.1) is 7.11 Å². The lowest BCUT2D eigenvalue weighted by atomic mass is 10.1. The van der Waals surface area contributed by atoms with Gasteiger partial charge in [-0.05, 0) is 35.9 Å². The number of nitrogens with two attached hydrogens (primary N) is 1. The van der Waals surface area contributed by atoms with Crippen molar-refractivity contribution in [2.45, 2.75) is 6.54 Å². The predicted molar refractivity (Wildman–Crippen MR) is 85.2 cm³/mol. The number of methoxy groups -OCH3 is 1. The second kappa shape index (κ2) is 8.09. The van der Waals surface area contributed by atoms with Crippen molar-refractivity contribution in [3.05, 3.63) is 59.2 Å². The standard InChI is InChI=1S/C17H16F2N2O4/c1-24-15-6-11(2-3-14(15)25-9-16(20)22)17(23)21-8-10-4-12(18)7-13(19)5-10/h2-7H,8-9H2,1H3,(H2,20,22)(H,21,23). The fraction of sp³-hybridized carbons (Fsp3) is 0.176. The average molecular weight is 350 g/mol.